The summed E-state index contributed by atoms with van der Waals surface area (Å²) in [6, 6.07) is 5.25. The maximum absolute atomic E-state index is 9.14. The van der Waals surface area contributed by atoms with Gasteiger partial charge in [0.05, 0.1) is 10.5 Å². The Kier molecular flexibility index (Phi) is 1.77. The Bertz CT molecular complexity index is 438. The van der Waals surface area contributed by atoms with E-state index in [0.717, 1.165) is 15.4 Å². The van der Waals surface area contributed by atoms with Gasteiger partial charge in [-0.1, -0.05) is 27.5 Å². The number of nitrogens with one attached hydrogen (secondary N) is 1. The van der Waals surface area contributed by atoms with Crippen LogP contribution in [0.15, 0.2) is 22.7 Å². The third-order valence-electron chi connectivity index (χ3n) is 1.64. The fourth-order valence-corrected chi connectivity index (χ4v) is 2.01. The number of aromatic nitrogens is 1. The van der Waals surface area contributed by atoms with Crippen LogP contribution in [0.1, 0.15) is 0 Å². The minimum atomic E-state index is 0.130. The highest BCUT2D eigenvalue weighted by Gasteiger charge is 2.04. The molecule has 2 rings (SSSR count). The van der Waals surface area contributed by atoms with E-state index in [0.29, 0.717) is 5.02 Å². The topological polar surface area (TPSA) is 36.0 Å². The van der Waals surface area contributed by atoms with E-state index in [-0.39, 0.29) is 5.88 Å². The lowest BCUT2D eigenvalue weighted by Gasteiger charge is -1.94. The second-order valence-electron chi connectivity index (χ2n) is 2.50. The molecule has 0 aliphatic rings. The number of halogens is 2. The van der Waals surface area contributed by atoms with E-state index in [4.69, 9.17) is 16.7 Å². The van der Waals surface area contributed by atoms with Gasteiger partial charge in [0.2, 0.25) is 0 Å². The predicted molar refractivity (Wildman–Crippen MR) is 52.7 cm³/mol. The largest absolute Gasteiger partial charge is 0.495 e. The molecule has 0 saturated heterocycles. The molecule has 0 amide bonds. The number of hydrogen-bond donors (Lipinski definition) is 2. The van der Waals surface area contributed by atoms with Crippen molar-refractivity contribution in [3.8, 4) is 5.88 Å². The first-order valence-corrected chi connectivity index (χ1v) is 4.50. The van der Waals surface area contributed by atoms with Gasteiger partial charge in [0.15, 0.2) is 5.88 Å². The minimum absolute atomic E-state index is 0.130. The van der Waals surface area contributed by atoms with E-state index in [9.17, 15) is 0 Å². The van der Waals surface area contributed by atoms with E-state index in [1.54, 1.807) is 12.1 Å². The van der Waals surface area contributed by atoms with Crippen LogP contribution in [0.4, 0.5) is 0 Å². The number of hydrogen-bond acceptors (Lipinski definition) is 1. The van der Waals surface area contributed by atoms with Crippen LogP contribution in [0.2, 0.25) is 5.02 Å². The lowest BCUT2D eigenvalue weighted by atomic mass is 10.2. The minimum Gasteiger partial charge on any atom is -0.495 e. The van der Waals surface area contributed by atoms with Crippen LogP contribution in [-0.4, -0.2) is 10.1 Å². The second-order valence-corrected chi connectivity index (χ2v) is 3.83. The molecule has 2 nitrogen and oxygen atoms in total. The molecule has 0 bridgehead atoms. The van der Waals surface area contributed by atoms with Gasteiger partial charge >= 0.3 is 0 Å². The first kappa shape index (κ1) is 7.95. The smallest absolute Gasteiger partial charge is 0.189 e. The van der Waals surface area contributed by atoms with Gasteiger partial charge in [0.25, 0.3) is 0 Å². The van der Waals surface area contributed by atoms with Gasteiger partial charge in [-0.05, 0) is 12.1 Å². The van der Waals surface area contributed by atoms with Gasteiger partial charge in [-0.2, -0.15) is 0 Å². The van der Waals surface area contributed by atoms with E-state index >= 15 is 0 Å². The van der Waals surface area contributed by atoms with Crippen LogP contribution in [0.25, 0.3) is 10.9 Å². The fraction of sp³-hybridized carbons (Fsp3) is 0. The number of H-pyrrole nitrogens is 1. The lowest BCUT2D eigenvalue weighted by Crippen LogP contribution is -1.70. The zero-order valence-electron chi connectivity index (χ0n) is 5.94. The molecule has 2 N–H and O–H groups in total. The highest BCUT2D eigenvalue weighted by Crippen LogP contribution is 2.30. The zero-order chi connectivity index (χ0) is 8.72. The van der Waals surface area contributed by atoms with Crippen LogP contribution >= 0.6 is 27.5 Å². The van der Waals surface area contributed by atoms with Gasteiger partial charge in [-0.15, -0.1) is 0 Å². The molecule has 62 valence electrons. The van der Waals surface area contributed by atoms with Crippen molar-refractivity contribution in [2.24, 2.45) is 0 Å². The third kappa shape index (κ3) is 1.19. The summed E-state index contributed by atoms with van der Waals surface area (Å²) < 4.78 is 0.891. The average Bonchev–Trinajstić information content (AvgIpc) is 2.29. The number of fused-ring (bicyclic) bond motifs is 1. The number of aromatic hydroxyl groups is 1. The van der Waals surface area contributed by atoms with Crippen molar-refractivity contribution in [2.75, 3.05) is 0 Å². The van der Waals surface area contributed by atoms with Gasteiger partial charge in [0, 0.05) is 15.9 Å². The Labute approximate surface area is 82.3 Å². The molecule has 1 heterocycles. The van der Waals surface area contributed by atoms with Gasteiger partial charge < -0.3 is 10.1 Å². The molecule has 4 heteroatoms. The molecule has 0 fully saturated rings. The Morgan fingerprint density at radius 1 is 1.33 bits per heavy atom. The fourth-order valence-electron chi connectivity index (χ4n) is 1.15. The first-order valence-electron chi connectivity index (χ1n) is 3.33. The average molecular weight is 246 g/mol. The highest BCUT2D eigenvalue weighted by atomic mass is 79.9. The Hall–Kier alpha value is -0.670. The van der Waals surface area contributed by atoms with Crippen molar-refractivity contribution in [3.05, 3.63) is 27.7 Å². The van der Waals surface area contributed by atoms with E-state index in [1.807, 2.05) is 6.07 Å². The van der Waals surface area contributed by atoms with Gasteiger partial charge in [-0.25, -0.2) is 0 Å². The van der Waals surface area contributed by atoms with Crippen molar-refractivity contribution in [1.29, 1.82) is 0 Å². The summed E-state index contributed by atoms with van der Waals surface area (Å²) in [5.41, 5.74) is 0.826. The van der Waals surface area contributed by atoms with Crippen molar-refractivity contribution in [2.45, 2.75) is 0 Å². The highest BCUT2D eigenvalue weighted by molar-refractivity contribution is 9.10. The Balaban J connectivity index is 2.88. The molecular formula is C8H5BrClNO. The van der Waals surface area contributed by atoms with E-state index in [1.165, 1.54) is 0 Å². The summed E-state index contributed by atoms with van der Waals surface area (Å²) in [7, 11) is 0. The normalized spacial score (nSPS) is 10.8. The van der Waals surface area contributed by atoms with Crippen molar-refractivity contribution >= 4 is 38.4 Å². The summed E-state index contributed by atoms with van der Waals surface area (Å²) in [5, 5.41) is 10.6. The van der Waals surface area contributed by atoms with Crippen molar-refractivity contribution < 1.29 is 5.11 Å². The Morgan fingerprint density at radius 2 is 2.08 bits per heavy atom. The van der Waals surface area contributed by atoms with Crippen molar-refractivity contribution in [3.63, 3.8) is 0 Å². The maximum atomic E-state index is 9.14. The third-order valence-corrected chi connectivity index (χ3v) is 2.41. The summed E-state index contributed by atoms with van der Waals surface area (Å²) in [6.07, 6.45) is 0. The van der Waals surface area contributed by atoms with Crippen molar-refractivity contribution in [1.82, 2.24) is 4.98 Å². The van der Waals surface area contributed by atoms with E-state index < -0.39 is 0 Å². The van der Waals surface area contributed by atoms with Crippen LogP contribution in [0.5, 0.6) is 5.88 Å². The predicted octanol–water partition coefficient (Wildman–Crippen LogP) is 3.29. The lowest BCUT2D eigenvalue weighted by molar-refractivity contribution is 0.458. The summed E-state index contributed by atoms with van der Waals surface area (Å²) in [6.45, 7) is 0. The molecule has 1 aromatic carbocycles. The molecule has 2 aromatic rings. The molecular weight excluding hydrogens is 241 g/mol. The number of rotatable bonds is 0. The molecule has 0 saturated carbocycles. The summed E-state index contributed by atoms with van der Waals surface area (Å²) in [4.78, 5) is 2.78. The maximum Gasteiger partial charge on any atom is 0.189 e. The van der Waals surface area contributed by atoms with Crippen LogP contribution in [0.3, 0.4) is 0 Å². The molecule has 0 unspecified atom stereocenters. The number of aromatic amines is 1. The van der Waals surface area contributed by atoms with E-state index in [2.05, 4.69) is 20.9 Å². The zero-order valence-corrected chi connectivity index (χ0v) is 8.28. The second kappa shape index (κ2) is 2.68. The molecule has 12 heavy (non-hydrogen) atoms. The molecule has 0 aliphatic heterocycles. The quantitative estimate of drug-likeness (QED) is 0.735. The Morgan fingerprint density at radius 3 is 2.83 bits per heavy atom. The number of benzene rings is 1. The summed E-state index contributed by atoms with van der Waals surface area (Å²) in [5.74, 6) is 0.130. The molecule has 0 radical (unpaired) electrons. The van der Waals surface area contributed by atoms with Crippen LogP contribution in [0, 0.1) is 0 Å². The molecule has 0 spiro atoms. The standard InChI is InChI=1S/C8H5BrClNO/c9-4-1-6(10)5-3-8(12)11-7(5)2-4/h1-3,11-12H. The van der Waals surface area contributed by atoms with Gasteiger partial charge in [-0.3, -0.25) is 0 Å². The summed E-state index contributed by atoms with van der Waals surface area (Å²) >= 11 is 9.22. The monoisotopic (exact) mass is 245 g/mol. The first-order chi connectivity index (χ1) is 5.66. The molecule has 0 atom stereocenters. The van der Waals surface area contributed by atoms with Crippen LogP contribution in [-0.2, 0) is 0 Å². The SMILES string of the molecule is Oc1cc2c(Cl)cc(Br)cc2[nH]1. The van der Waals surface area contributed by atoms with Gasteiger partial charge in [0.1, 0.15) is 0 Å². The molecule has 1 aromatic heterocycles. The van der Waals surface area contributed by atoms with Crippen LogP contribution < -0.4 is 0 Å². The molecule has 0 aliphatic carbocycles.